The van der Waals surface area contributed by atoms with Crippen LogP contribution in [-0.4, -0.2) is 53.3 Å². The molecule has 1 aliphatic rings. The number of carbonyl (C=O) groups is 2. The van der Waals surface area contributed by atoms with E-state index in [9.17, 15) is 14.2 Å². The molecule has 322 valence electrons. The maximum Gasteiger partial charge on any atom is 0.469 e. The molecule has 1 rings (SSSR count). The molecule has 0 radical (unpaired) electrons. The lowest BCUT2D eigenvalue weighted by molar-refractivity contribution is -0.161. The van der Waals surface area contributed by atoms with Crippen LogP contribution in [0.1, 0.15) is 219 Å². The number of phosphoric acid groups is 1. The summed E-state index contributed by atoms with van der Waals surface area (Å²) < 4.78 is 32.2. The Labute approximate surface area is 336 Å². The van der Waals surface area contributed by atoms with Crippen molar-refractivity contribution in [3.63, 3.8) is 0 Å². The van der Waals surface area contributed by atoms with E-state index in [0.29, 0.717) is 18.6 Å². The summed E-state index contributed by atoms with van der Waals surface area (Å²) in [7, 11) is -4.76. The second-order valence-corrected chi connectivity index (χ2v) is 17.0. The van der Waals surface area contributed by atoms with Gasteiger partial charge in [-0.15, -0.1) is 0 Å². The molecular formula is C45H83O9P. The molecule has 1 aliphatic heterocycles. The van der Waals surface area contributed by atoms with Crippen LogP contribution in [0.3, 0.4) is 0 Å². The van der Waals surface area contributed by atoms with E-state index < -0.39 is 32.5 Å². The van der Waals surface area contributed by atoms with Gasteiger partial charge in [-0.1, -0.05) is 167 Å². The fourth-order valence-electron chi connectivity index (χ4n) is 6.85. The molecule has 0 saturated carbocycles. The van der Waals surface area contributed by atoms with Gasteiger partial charge < -0.3 is 24.0 Å². The van der Waals surface area contributed by atoms with Crippen LogP contribution in [0.15, 0.2) is 24.3 Å². The van der Waals surface area contributed by atoms with Crippen LogP contribution in [0.5, 0.6) is 0 Å². The van der Waals surface area contributed by atoms with Gasteiger partial charge in [0.1, 0.15) is 6.61 Å². The van der Waals surface area contributed by atoms with Crippen LogP contribution < -0.4 is 0 Å². The highest BCUT2D eigenvalue weighted by Crippen LogP contribution is 2.36. The lowest BCUT2D eigenvalue weighted by atomic mass is 10.0. The first-order valence-corrected chi connectivity index (χ1v) is 24.3. The van der Waals surface area contributed by atoms with Gasteiger partial charge in [-0.2, -0.15) is 0 Å². The zero-order valence-corrected chi connectivity index (χ0v) is 36.2. The van der Waals surface area contributed by atoms with Gasteiger partial charge in [0.05, 0.1) is 18.8 Å². The zero-order chi connectivity index (χ0) is 40.1. The molecule has 10 heteroatoms. The highest BCUT2D eigenvalue weighted by molar-refractivity contribution is 7.46. The maximum atomic E-state index is 12.4. The topological polar surface area (TPSA) is 132 Å². The standard InChI is InChI=1S/C45H83O9P/c1-3-5-7-8-9-10-11-12-13-14-15-16-17-18-19-20-21-22-26-29-33-37-44(46)51-39-41(40-52-55(48,49)50)53-45(47)38-34-30-27-24-23-25-28-32-36-43-42(54-43)35-31-6-4-2/h12-13,28,32,41-43H,3-11,14-27,29-31,33-40H2,1-2H3,(H2,48,49,50)/b13-12-,32-28-/t41-,42?,43?/m1/s1. The van der Waals surface area contributed by atoms with Crippen molar-refractivity contribution in [1.29, 1.82) is 0 Å². The number of ether oxygens (including phenoxy) is 3. The van der Waals surface area contributed by atoms with Crippen LogP contribution in [0.25, 0.3) is 0 Å². The smallest absolute Gasteiger partial charge is 0.462 e. The van der Waals surface area contributed by atoms with Crippen molar-refractivity contribution >= 4 is 19.8 Å². The number of hydrogen-bond donors (Lipinski definition) is 2. The molecule has 1 saturated heterocycles. The largest absolute Gasteiger partial charge is 0.469 e. The third kappa shape index (κ3) is 36.6. The lowest BCUT2D eigenvalue weighted by Crippen LogP contribution is -2.29. The molecule has 9 nitrogen and oxygen atoms in total. The minimum absolute atomic E-state index is 0.193. The molecule has 0 aliphatic carbocycles. The molecule has 0 aromatic heterocycles. The van der Waals surface area contributed by atoms with E-state index in [4.69, 9.17) is 24.0 Å². The number of carbonyl (C=O) groups excluding carboxylic acids is 2. The van der Waals surface area contributed by atoms with Gasteiger partial charge in [0.15, 0.2) is 6.10 Å². The van der Waals surface area contributed by atoms with Crippen molar-refractivity contribution in [1.82, 2.24) is 0 Å². The number of rotatable bonds is 41. The minimum Gasteiger partial charge on any atom is -0.462 e. The summed E-state index contributed by atoms with van der Waals surface area (Å²) in [4.78, 5) is 43.0. The third-order valence-electron chi connectivity index (χ3n) is 10.4. The SMILES string of the molecule is CCCCCCCC/C=C\CCCCCCCCCCCCCC(=O)OC[C@H](COP(=O)(O)O)OC(=O)CCCCCCC/C=C\CC1OC1CCCCC. The van der Waals surface area contributed by atoms with Crippen LogP contribution in [0, 0.1) is 0 Å². The van der Waals surface area contributed by atoms with Crippen molar-refractivity contribution in [3.05, 3.63) is 24.3 Å². The summed E-state index contributed by atoms with van der Waals surface area (Å²) >= 11 is 0. The average Bonchev–Trinajstić information content (AvgIpc) is 3.91. The average molecular weight is 799 g/mol. The predicted molar refractivity (Wildman–Crippen MR) is 225 cm³/mol. The van der Waals surface area contributed by atoms with Gasteiger partial charge in [-0.3, -0.25) is 14.1 Å². The van der Waals surface area contributed by atoms with Crippen LogP contribution in [0.2, 0.25) is 0 Å². The molecule has 0 bridgehead atoms. The Balaban J connectivity index is 2.01. The quantitative estimate of drug-likeness (QED) is 0.0204. The molecule has 1 heterocycles. The number of allylic oxidation sites excluding steroid dienone is 3. The number of hydrogen-bond acceptors (Lipinski definition) is 7. The van der Waals surface area contributed by atoms with Crippen molar-refractivity contribution in [2.45, 2.75) is 238 Å². The first kappa shape index (κ1) is 51.5. The summed E-state index contributed by atoms with van der Waals surface area (Å²) in [5, 5.41) is 0. The lowest BCUT2D eigenvalue weighted by Gasteiger charge is -2.18. The Morgan fingerprint density at radius 1 is 0.564 bits per heavy atom. The van der Waals surface area contributed by atoms with E-state index in [1.165, 1.54) is 128 Å². The van der Waals surface area contributed by atoms with Crippen molar-refractivity contribution < 1.29 is 42.7 Å². The molecule has 3 atom stereocenters. The van der Waals surface area contributed by atoms with Gasteiger partial charge in [-0.25, -0.2) is 4.57 Å². The molecular weight excluding hydrogens is 715 g/mol. The first-order chi connectivity index (χ1) is 26.7. The maximum absolute atomic E-state index is 12.4. The van der Waals surface area contributed by atoms with Crippen molar-refractivity contribution in [3.8, 4) is 0 Å². The number of phosphoric ester groups is 1. The molecule has 1 fully saturated rings. The summed E-state index contributed by atoms with van der Waals surface area (Å²) in [6.45, 7) is 3.66. The Bertz CT molecular complexity index is 1010. The Hall–Kier alpha value is -1.51. The van der Waals surface area contributed by atoms with Crippen molar-refractivity contribution in [2.24, 2.45) is 0 Å². The Kier molecular flexibility index (Phi) is 34.5. The molecule has 0 aromatic rings. The van der Waals surface area contributed by atoms with Gasteiger partial charge in [0.2, 0.25) is 0 Å². The highest BCUT2D eigenvalue weighted by Gasteiger charge is 2.36. The van der Waals surface area contributed by atoms with Crippen LogP contribution in [0.4, 0.5) is 0 Å². The fraction of sp³-hybridized carbons (Fsp3) is 0.867. The van der Waals surface area contributed by atoms with Gasteiger partial charge in [0, 0.05) is 12.8 Å². The van der Waals surface area contributed by atoms with E-state index in [-0.39, 0.29) is 19.4 Å². The van der Waals surface area contributed by atoms with Gasteiger partial charge in [-0.05, 0) is 64.2 Å². The summed E-state index contributed by atoms with van der Waals surface area (Å²) in [6.07, 6.45) is 45.0. The summed E-state index contributed by atoms with van der Waals surface area (Å²) in [6, 6.07) is 0. The third-order valence-corrected chi connectivity index (χ3v) is 10.9. The molecule has 2 unspecified atom stereocenters. The predicted octanol–water partition coefficient (Wildman–Crippen LogP) is 13.0. The van der Waals surface area contributed by atoms with E-state index >= 15 is 0 Å². The van der Waals surface area contributed by atoms with E-state index in [2.05, 4.69) is 42.7 Å². The Morgan fingerprint density at radius 3 is 1.51 bits per heavy atom. The van der Waals surface area contributed by atoms with E-state index in [1.807, 2.05) is 0 Å². The fourth-order valence-corrected chi connectivity index (χ4v) is 7.21. The normalized spacial score (nSPS) is 16.3. The summed E-state index contributed by atoms with van der Waals surface area (Å²) in [5.74, 6) is -0.900. The van der Waals surface area contributed by atoms with Crippen molar-refractivity contribution in [2.75, 3.05) is 13.2 Å². The van der Waals surface area contributed by atoms with E-state index in [0.717, 1.165) is 57.8 Å². The molecule has 0 spiro atoms. The molecule has 0 amide bonds. The zero-order valence-electron chi connectivity index (χ0n) is 35.3. The molecule has 2 N–H and O–H groups in total. The number of unbranched alkanes of at least 4 members (excludes halogenated alkanes) is 24. The highest BCUT2D eigenvalue weighted by atomic mass is 31.2. The van der Waals surface area contributed by atoms with Gasteiger partial charge in [0.25, 0.3) is 0 Å². The second kappa shape index (κ2) is 36.8. The van der Waals surface area contributed by atoms with Crippen LogP contribution in [-0.2, 0) is 32.9 Å². The molecule has 0 aromatic carbocycles. The second-order valence-electron chi connectivity index (χ2n) is 15.8. The number of esters is 2. The van der Waals surface area contributed by atoms with E-state index in [1.54, 1.807) is 0 Å². The van der Waals surface area contributed by atoms with Gasteiger partial charge >= 0.3 is 19.8 Å². The number of epoxide rings is 1. The molecule has 55 heavy (non-hydrogen) atoms. The Morgan fingerprint density at radius 2 is 1.00 bits per heavy atom. The first-order valence-electron chi connectivity index (χ1n) is 22.8. The minimum atomic E-state index is -4.76. The monoisotopic (exact) mass is 799 g/mol. The van der Waals surface area contributed by atoms with Crippen LogP contribution >= 0.6 is 7.82 Å². The summed E-state index contributed by atoms with van der Waals surface area (Å²) in [5.41, 5.74) is 0.